The number of fused-ring (bicyclic) bond motifs is 1. The number of hydrogen-bond acceptors (Lipinski definition) is 7. The molecule has 23 heavy (non-hydrogen) atoms. The third kappa shape index (κ3) is 3.09. The summed E-state index contributed by atoms with van der Waals surface area (Å²) in [5, 5.41) is 11.1. The summed E-state index contributed by atoms with van der Waals surface area (Å²) < 4.78 is 7.22. The summed E-state index contributed by atoms with van der Waals surface area (Å²) in [5.74, 6) is 1.15. The van der Waals surface area contributed by atoms with Crippen LogP contribution in [-0.2, 0) is 13.0 Å². The number of thiophene rings is 1. The molecular weight excluding hydrogens is 332 g/mol. The van der Waals surface area contributed by atoms with Gasteiger partial charge in [-0.15, -0.1) is 28.1 Å². The lowest BCUT2D eigenvalue weighted by Crippen LogP contribution is -2.22. The maximum atomic E-state index is 12.6. The van der Waals surface area contributed by atoms with Gasteiger partial charge in [0.25, 0.3) is 5.56 Å². The highest BCUT2D eigenvalue weighted by Crippen LogP contribution is 2.33. The second kappa shape index (κ2) is 6.67. The number of allylic oxidation sites excluding steroid dienone is 1. The van der Waals surface area contributed by atoms with Gasteiger partial charge in [-0.2, -0.15) is 0 Å². The van der Waals surface area contributed by atoms with Crippen LogP contribution in [0.25, 0.3) is 10.2 Å². The molecule has 3 rings (SSSR count). The first kappa shape index (κ1) is 15.9. The molecule has 3 aromatic rings. The predicted molar refractivity (Wildman–Crippen MR) is 92.0 cm³/mol. The van der Waals surface area contributed by atoms with E-state index >= 15 is 0 Å². The molecule has 0 saturated heterocycles. The number of nitrogens with zero attached hydrogens (tertiary/aromatic N) is 4. The van der Waals surface area contributed by atoms with Gasteiger partial charge in [0.05, 0.1) is 10.6 Å². The average molecular weight is 348 g/mol. The van der Waals surface area contributed by atoms with Gasteiger partial charge in [0.2, 0.25) is 11.8 Å². The molecular formula is C15H16N4O2S2. The van der Waals surface area contributed by atoms with E-state index in [1.165, 1.54) is 23.1 Å². The fourth-order valence-corrected chi connectivity index (χ4v) is 3.85. The van der Waals surface area contributed by atoms with E-state index in [0.717, 1.165) is 4.83 Å². The molecule has 3 aromatic heterocycles. The van der Waals surface area contributed by atoms with Gasteiger partial charge >= 0.3 is 0 Å². The summed E-state index contributed by atoms with van der Waals surface area (Å²) in [7, 11) is 0. The van der Waals surface area contributed by atoms with Gasteiger partial charge in [0.1, 0.15) is 4.83 Å². The summed E-state index contributed by atoms with van der Waals surface area (Å²) in [6.07, 6.45) is 2.39. The molecule has 0 N–H and O–H groups in total. The molecule has 3 heterocycles. The van der Waals surface area contributed by atoms with Gasteiger partial charge in [-0.3, -0.25) is 9.36 Å². The molecule has 0 saturated carbocycles. The van der Waals surface area contributed by atoms with E-state index in [0.29, 0.717) is 35.3 Å². The van der Waals surface area contributed by atoms with Gasteiger partial charge < -0.3 is 4.42 Å². The van der Waals surface area contributed by atoms with Crippen molar-refractivity contribution >= 4 is 33.3 Å². The quantitative estimate of drug-likeness (QED) is 0.386. The molecule has 0 aliphatic carbocycles. The fraction of sp³-hybridized carbons (Fsp3) is 0.333. The fourth-order valence-electron chi connectivity index (χ4n) is 2.09. The van der Waals surface area contributed by atoms with E-state index in [9.17, 15) is 4.79 Å². The van der Waals surface area contributed by atoms with Crippen molar-refractivity contribution in [3.05, 3.63) is 46.2 Å². The molecule has 0 fully saturated rings. The van der Waals surface area contributed by atoms with Crippen LogP contribution < -0.4 is 5.56 Å². The van der Waals surface area contributed by atoms with E-state index < -0.39 is 0 Å². The highest BCUT2D eigenvalue weighted by molar-refractivity contribution is 7.99. The topological polar surface area (TPSA) is 73.8 Å². The molecule has 0 aromatic carbocycles. The largest absolute Gasteiger partial charge is 0.424 e. The molecule has 0 radical (unpaired) electrons. The van der Waals surface area contributed by atoms with E-state index in [1.54, 1.807) is 16.7 Å². The average Bonchev–Trinajstić information content (AvgIpc) is 3.19. The normalized spacial score (nSPS) is 12.6. The molecule has 0 bridgehead atoms. The molecule has 120 valence electrons. The Kier molecular flexibility index (Phi) is 4.63. The Labute approximate surface area is 141 Å². The molecule has 1 atom stereocenters. The van der Waals surface area contributed by atoms with Crippen LogP contribution in [0.1, 0.15) is 30.9 Å². The van der Waals surface area contributed by atoms with Crippen molar-refractivity contribution in [1.29, 1.82) is 0 Å². The molecule has 8 heteroatoms. The van der Waals surface area contributed by atoms with Gasteiger partial charge in [0, 0.05) is 13.0 Å². The lowest BCUT2D eigenvalue weighted by Gasteiger charge is -2.12. The lowest BCUT2D eigenvalue weighted by molar-refractivity contribution is 0.455. The standard InChI is InChI=1S/C15H16N4O2S2/c1-4-7-19-14(20)10-6-8-22-13(10)16-15(19)23-9(3)12-18-17-11(5-2)21-12/h4,6,8-9H,1,5,7H2,2-3H3/t9-/m0/s1. The molecule has 0 spiro atoms. The minimum atomic E-state index is -0.0943. The number of rotatable bonds is 6. The van der Waals surface area contributed by atoms with E-state index in [4.69, 9.17) is 4.42 Å². The zero-order valence-electron chi connectivity index (χ0n) is 12.9. The Morgan fingerprint density at radius 1 is 1.52 bits per heavy atom. The van der Waals surface area contributed by atoms with Crippen molar-refractivity contribution in [2.45, 2.75) is 37.2 Å². The van der Waals surface area contributed by atoms with Gasteiger partial charge in [-0.25, -0.2) is 4.98 Å². The van der Waals surface area contributed by atoms with Gasteiger partial charge in [-0.1, -0.05) is 24.8 Å². The first-order chi connectivity index (χ1) is 11.1. The van der Waals surface area contributed by atoms with Crippen LogP contribution in [0.4, 0.5) is 0 Å². The van der Waals surface area contributed by atoms with Crippen LogP contribution in [0.5, 0.6) is 0 Å². The summed E-state index contributed by atoms with van der Waals surface area (Å²) in [6, 6.07) is 1.80. The number of hydrogen-bond donors (Lipinski definition) is 0. The minimum absolute atomic E-state index is 0.0503. The number of aryl methyl sites for hydroxylation is 1. The predicted octanol–water partition coefficient (Wildman–Crippen LogP) is 3.44. The van der Waals surface area contributed by atoms with Crippen LogP contribution in [0.3, 0.4) is 0 Å². The van der Waals surface area contributed by atoms with Crippen LogP contribution in [0.15, 0.2) is 38.5 Å². The van der Waals surface area contributed by atoms with Gasteiger partial charge in [-0.05, 0) is 18.4 Å². The summed E-state index contributed by atoms with van der Waals surface area (Å²) in [5.41, 5.74) is -0.0503. The van der Waals surface area contributed by atoms with Crippen molar-refractivity contribution in [2.24, 2.45) is 0 Å². The van der Waals surface area contributed by atoms with Crippen molar-refractivity contribution in [1.82, 2.24) is 19.7 Å². The molecule has 0 amide bonds. The van der Waals surface area contributed by atoms with Gasteiger partial charge in [0.15, 0.2) is 5.16 Å². The smallest absolute Gasteiger partial charge is 0.263 e. The third-order valence-electron chi connectivity index (χ3n) is 3.27. The Morgan fingerprint density at radius 3 is 3.04 bits per heavy atom. The first-order valence-corrected chi connectivity index (χ1v) is 8.97. The Balaban J connectivity index is 1.99. The molecule has 6 nitrogen and oxygen atoms in total. The molecule has 0 aliphatic rings. The maximum Gasteiger partial charge on any atom is 0.263 e. The van der Waals surface area contributed by atoms with Crippen LogP contribution in [0, 0.1) is 0 Å². The number of thioether (sulfide) groups is 1. The van der Waals surface area contributed by atoms with Crippen molar-refractivity contribution in [2.75, 3.05) is 0 Å². The first-order valence-electron chi connectivity index (χ1n) is 7.22. The monoisotopic (exact) mass is 348 g/mol. The van der Waals surface area contributed by atoms with Crippen LogP contribution in [-0.4, -0.2) is 19.7 Å². The molecule has 0 unspecified atom stereocenters. The third-order valence-corrected chi connectivity index (χ3v) is 5.16. The second-order valence-corrected chi connectivity index (χ2v) is 7.09. The lowest BCUT2D eigenvalue weighted by atomic mass is 10.4. The minimum Gasteiger partial charge on any atom is -0.424 e. The zero-order chi connectivity index (χ0) is 16.4. The number of aromatic nitrogens is 4. The zero-order valence-corrected chi connectivity index (χ0v) is 14.5. The van der Waals surface area contributed by atoms with Crippen LogP contribution in [0.2, 0.25) is 0 Å². The van der Waals surface area contributed by atoms with E-state index in [2.05, 4.69) is 21.8 Å². The Bertz CT molecular complexity index is 896. The highest BCUT2D eigenvalue weighted by Gasteiger charge is 2.19. The van der Waals surface area contributed by atoms with E-state index in [1.807, 2.05) is 19.2 Å². The molecule has 0 aliphatic heterocycles. The second-order valence-electron chi connectivity index (χ2n) is 4.89. The summed E-state index contributed by atoms with van der Waals surface area (Å²) >= 11 is 2.89. The van der Waals surface area contributed by atoms with Crippen LogP contribution >= 0.6 is 23.1 Å². The van der Waals surface area contributed by atoms with E-state index in [-0.39, 0.29) is 10.8 Å². The van der Waals surface area contributed by atoms with Crippen molar-refractivity contribution < 1.29 is 4.42 Å². The Morgan fingerprint density at radius 2 is 2.35 bits per heavy atom. The summed E-state index contributed by atoms with van der Waals surface area (Å²) in [6.45, 7) is 8.06. The SMILES string of the molecule is C=CCn1c(S[C@@H](C)c2nnc(CC)o2)nc2sccc2c1=O. The highest BCUT2D eigenvalue weighted by atomic mass is 32.2. The summed E-state index contributed by atoms with van der Waals surface area (Å²) in [4.78, 5) is 17.9. The Hall–Kier alpha value is -1.93. The maximum absolute atomic E-state index is 12.6. The van der Waals surface area contributed by atoms with Crippen molar-refractivity contribution in [3.63, 3.8) is 0 Å². The van der Waals surface area contributed by atoms with Crippen molar-refractivity contribution in [3.8, 4) is 0 Å².